The molecule has 0 aliphatic rings. The maximum absolute atomic E-state index is 11.3. The van der Waals surface area contributed by atoms with E-state index in [1.807, 2.05) is 24.3 Å². The molecule has 18 heavy (non-hydrogen) atoms. The molecular formula is C14H21NO3. The first-order valence-electron chi connectivity index (χ1n) is 6.31. The van der Waals surface area contributed by atoms with Gasteiger partial charge in [0.05, 0.1) is 6.61 Å². The zero-order valence-electron chi connectivity index (χ0n) is 11.0. The number of carbonyl (C=O) groups is 1. The van der Waals surface area contributed by atoms with Crippen LogP contribution in [0.5, 0.6) is 5.75 Å². The number of hydrogen-bond donors (Lipinski definition) is 1. The largest absolute Gasteiger partial charge is 0.491 e. The van der Waals surface area contributed by atoms with Gasteiger partial charge in [-0.1, -0.05) is 25.5 Å². The predicted octanol–water partition coefficient (Wildman–Crippen LogP) is 1.91. The number of hydrogen-bond acceptors (Lipinski definition) is 4. The first kappa shape index (κ1) is 14.5. The Balaban J connectivity index is 2.41. The monoisotopic (exact) mass is 251 g/mol. The third kappa shape index (κ3) is 4.75. The molecule has 0 aliphatic carbocycles. The van der Waals surface area contributed by atoms with Crippen LogP contribution >= 0.6 is 0 Å². The van der Waals surface area contributed by atoms with Gasteiger partial charge in [-0.3, -0.25) is 4.79 Å². The Morgan fingerprint density at radius 3 is 2.50 bits per heavy atom. The lowest BCUT2D eigenvalue weighted by atomic mass is 10.1. The molecule has 0 spiro atoms. The van der Waals surface area contributed by atoms with Crippen LogP contribution in [0.1, 0.15) is 25.8 Å². The fraction of sp³-hybridized carbons (Fsp3) is 0.500. The minimum atomic E-state index is -0.736. The average Bonchev–Trinajstić information content (AvgIpc) is 2.38. The summed E-state index contributed by atoms with van der Waals surface area (Å²) in [5.41, 5.74) is 6.91. The van der Waals surface area contributed by atoms with Crippen molar-refractivity contribution in [3.05, 3.63) is 29.8 Å². The van der Waals surface area contributed by atoms with E-state index in [1.165, 1.54) is 5.56 Å². The molecule has 0 radical (unpaired) electrons. The highest BCUT2D eigenvalue weighted by Crippen LogP contribution is 2.13. The minimum Gasteiger partial charge on any atom is -0.491 e. The van der Waals surface area contributed by atoms with Crippen LogP contribution in [0.15, 0.2) is 24.3 Å². The van der Waals surface area contributed by atoms with Gasteiger partial charge in [-0.25, -0.2) is 0 Å². The molecule has 1 aromatic carbocycles. The van der Waals surface area contributed by atoms with Crippen molar-refractivity contribution in [1.29, 1.82) is 0 Å². The predicted molar refractivity (Wildman–Crippen MR) is 70.5 cm³/mol. The molecule has 100 valence electrons. The van der Waals surface area contributed by atoms with E-state index in [2.05, 4.69) is 6.92 Å². The quantitative estimate of drug-likeness (QED) is 0.752. The third-order valence-corrected chi connectivity index (χ3v) is 2.48. The molecule has 4 heteroatoms. The van der Waals surface area contributed by atoms with Gasteiger partial charge in [0, 0.05) is 0 Å². The second kappa shape index (κ2) is 7.71. The maximum Gasteiger partial charge on any atom is 0.326 e. The Kier molecular flexibility index (Phi) is 6.22. The number of nitrogens with two attached hydrogens (primary N) is 1. The van der Waals surface area contributed by atoms with Crippen molar-refractivity contribution in [2.24, 2.45) is 5.73 Å². The number of ether oxygens (including phenoxy) is 2. The zero-order valence-corrected chi connectivity index (χ0v) is 11.0. The summed E-state index contributed by atoms with van der Waals surface area (Å²) in [6.45, 7) is 4.35. The van der Waals surface area contributed by atoms with Crippen LogP contribution in [0.25, 0.3) is 0 Å². The summed E-state index contributed by atoms with van der Waals surface area (Å²) in [6.07, 6.45) is 2.18. The molecule has 2 N–H and O–H groups in total. The van der Waals surface area contributed by atoms with E-state index >= 15 is 0 Å². The molecule has 1 aromatic rings. The average molecular weight is 251 g/mol. The molecule has 1 rings (SSSR count). The van der Waals surface area contributed by atoms with Crippen LogP contribution in [-0.4, -0.2) is 25.2 Å². The molecule has 0 saturated heterocycles. The second-order valence-corrected chi connectivity index (χ2v) is 4.06. The smallest absolute Gasteiger partial charge is 0.326 e. The molecule has 0 bridgehead atoms. The van der Waals surface area contributed by atoms with E-state index in [9.17, 15) is 4.79 Å². The Labute approximate surface area is 108 Å². The van der Waals surface area contributed by atoms with E-state index in [0.29, 0.717) is 6.61 Å². The van der Waals surface area contributed by atoms with Gasteiger partial charge in [-0.2, -0.15) is 0 Å². The van der Waals surface area contributed by atoms with Gasteiger partial charge < -0.3 is 15.2 Å². The number of rotatable bonds is 7. The molecule has 0 aliphatic heterocycles. The van der Waals surface area contributed by atoms with Crippen LogP contribution < -0.4 is 10.5 Å². The summed E-state index contributed by atoms with van der Waals surface area (Å²) in [5.74, 6) is 0.287. The van der Waals surface area contributed by atoms with Crippen molar-refractivity contribution >= 4 is 5.97 Å². The van der Waals surface area contributed by atoms with Gasteiger partial charge in [-0.15, -0.1) is 0 Å². The summed E-state index contributed by atoms with van der Waals surface area (Å²) in [4.78, 5) is 11.3. The van der Waals surface area contributed by atoms with Crippen molar-refractivity contribution < 1.29 is 14.3 Å². The highest BCUT2D eigenvalue weighted by Gasteiger charge is 2.14. The maximum atomic E-state index is 11.3. The zero-order chi connectivity index (χ0) is 13.4. The van der Waals surface area contributed by atoms with Gasteiger partial charge in [0.2, 0.25) is 0 Å². The highest BCUT2D eigenvalue weighted by molar-refractivity contribution is 5.75. The van der Waals surface area contributed by atoms with Crippen molar-refractivity contribution in [2.75, 3.05) is 13.2 Å². The van der Waals surface area contributed by atoms with Crippen molar-refractivity contribution in [2.45, 2.75) is 32.7 Å². The van der Waals surface area contributed by atoms with Crippen LogP contribution in [0.4, 0.5) is 0 Å². The second-order valence-electron chi connectivity index (χ2n) is 4.06. The third-order valence-electron chi connectivity index (χ3n) is 2.48. The molecule has 1 unspecified atom stereocenters. The molecule has 4 nitrogen and oxygen atoms in total. The van der Waals surface area contributed by atoms with Crippen LogP contribution in [0.3, 0.4) is 0 Å². The summed E-state index contributed by atoms with van der Waals surface area (Å²) >= 11 is 0. The van der Waals surface area contributed by atoms with Crippen molar-refractivity contribution in [1.82, 2.24) is 0 Å². The first-order valence-corrected chi connectivity index (χ1v) is 6.31. The Morgan fingerprint density at radius 2 is 1.94 bits per heavy atom. The Hall–Kier alpha value is -1.55. The SMILES string of the molecule is CCCc1ccc(OCC(N)C(=O)OCC)cc1. The lowest BCUT2D eigenvalue weighted by Gasteiger charge is -2.12. The number of benzene rings is 1. The van der Waals surface area contributed by atoms with Crippen LogP contribution in [-0.2, 0) is 16.0 Å². The standard InChI is InChI=1S/C14H21NO3/c1-3-5-11-6-8-12(9-7-11)18-10-13(15)14(16)17-4-2/h6-9,13H,3-5,10,15H2,1-2H3. The topological polar surface area (TPSA) is 61.5 Å². The Bertz CT molecular complexity index is 362. The van der Waals surface area contributed by atoms with E-state index < -0.39 is 12.0 Å². The minimum absolute atomic E-state index is 0.131. The van der Waals surface area contributed by atoms with E-state index in [1.54, 1.807) is 6.92 Å². The van der Waals surface area contributed by atoms with E-state index in [-0.39, 0.29) is 6.61 Å². The lowest BCUT2D eigenvalue weighted by molar-refractivity contribution is -0.145. The molecule has 0 heterocycles. The number of carbonyl (C=O) groups excluding carboxylic acids is 1. The normalized spacial score (nSPS) is 11.9. The first-order chi connectivity index (χ1) is 8.67. The number of aryl methyl sites for hydroxylation is 1. The van der Waals surface area contributed by atoms with Gasteiger partial charge in [0.25, 0.3) is 0 Å². The van der Waals surface area contributed by atoms with Gasteiger partial charge >= 0.3 is 5.97 Å². The van der Waals surface area contributed by atoms with Gasteiger partial charge in [-0.05, 0) is 31.0 Å². The van der Waals surface area contributed by atoms with E-state index in [0.717, 1.165) is 18.6 Å². The lowest BCUT2D eigenvalue weighted by Crippen LogP contribution is -2.37. The van der Waals surface area contributed by atoms with Crippen LogP contribution in [0, 0.1) is 0 Å². The molecule has 0 aromatic heterocycles. The molecule has 1 atom stereocenters. The molecule has 0 fully saturated rings. The van der Waals surface area contributed by atoms with Crippen molar-refractivity contribution in [3.8, 4) is 5.75 Å². The number of esters is 1. The summed E-state index contributed by atoms with van der Waals surface area (Å²) in [5, 5.41) is 0. The van der Waals surface area contributed by atoms with E-state index in [4.69, 9.17) is 15.2 Å². The summed E-state index contributed by atoms with van der Waals surface area (Å²) in [7, 11) is 0. The van der Waals surface area contributed by atoms with Gasteiger partial charge in [0.15, 0.2) is 0 Å². The van der Waals surface area contributed by atoms with Gasteiger partial charge in [0.1, 0.15) is 18.4 Å². The fourth-order valence-electron chi connectivity index (χ4n) is 1.54. The molecular weight excluding hydrogens is 230 g/mol. The fourth-order valence-corrected chi connectivity index (χ4v) is 1.54. The summed E-state index contributed by atoms with van der Waals surface area (Å²) in [6, 6.07) is 7.09. The summed E-state index contributed by atoms with van der Waals surface area (Å²) < 4.78 is 10.2. The Morgan fingerprint density at radius 1 is 1.28 bits per heavy atom. The van der Waals surface area contributed by atoms with Crippen molar-refractivity contribution in [3.63, 3.8) is 0 Å². The highest BCUT2D eigenvalue weighted by atomic mass is 16.5. The molecule has 0 amide bonds. The molecule has 0 saturated carbocycles. The van der Waals surface area contributed by atoms with Crippen LogP contribution in [0.2, 0.25) is 0 Å².